The van der Waals surface area contributed by atoms with Gasteiger partial charge in [0.2, 0.25) is 5.91 Å². The Kier molecular flexibility index (Phi) is 30.0. The lowest BCUT2D eigenvalue weighted by atomic mass is 9.99. The van der Waals surface area contributed by atoms with Crippen molar-refractivity contribution in [2.45, 2.75) is 217 Å². The second kappa shape index (κ2) is 32.1. The van der Waals surface area contributed by atoms with Gasteiger partial charge in [-0.1, -0.05) is 147 Å². The quantitative estimate of drug-likeness (QED) is 0.0294. The molecule has 1 aliphatic rings. The van der Waals surface area contributed by atoms with Crippen molar-refractivity contribution in [3.8, 4) is 0 Å². The van der Waals surface area contributed by atoms with E-state index in [1.807, 2.05) is 6.08 Å². The summed E-state index contributed by atoms with van der Waals surface area (Å²) in [6.45, 7) is 3.56. The van der Waals surface area contributed by atoms with Crippen molar-refractivity contribution in [3.63, 3.8) is 0 Å². The van der Waals surface area contributed by atoms with Crippen LogP contribution >= 0.6 is 0 Å². The van der Waals surface area contributed by atoms with Gasteiger partial charge >= 0.3 is 0 Å². The second-order valence-corrected chi connectivity index (χ2v) is 14.6. The van der Waals surface area contributed by atoms with Crippen LogP contribution in [0, 0.1) is 0 Å². The van der Waals surface area contributed by atoms with E-state index in [-0.39, 0.29) is 13.0 Å². The van der Waals surface area contributed by atoms with Crippen molar-refractivity contribution >= 4 is 5.91 Å². The van der Waals surface area contributed by atoms with Gasteiger partial charge in [0.25, 0.3) is 0 Å². The van der Waals surface area contributed by atoms with Crippen LogP contribution in [-0.4, -0.2) is 98.7 Å². The highest BCUT2D eigenvalue weighted by molar-refractivity contribution is 5.80. The van der Waals surface area contributed by atoms with E-state index in [9.17, 15) is 35.4 Å². The number of rotatable bonds is 33. The third-order valence-electron chi connectivity index (χ3n) is 9.88. The van der Waals surface area contributed by atoms with E-state index in [0.29, 0.717) is 6.42 Å². The molecule has 300 valence electrons. The number of hydrogen-bond acceptors (Lipinski definition) is 9. The Labute approximate surface area is 310 Å². The van der Waals surface area contributed by atoms with Crippen LogP contribution in [0.2, 0.25) is 0 Å². The molecule has 7 N–H and O–H groups in total. The molecule has 8 atom stereocenters. The van der Waals surface area contributed by atoms with E-state index in [2.05, 4.69) is 31.3 Å². The number of carbonyl (C=O) groups is 1. The van der Waals surface area contributed by atoms with Gasteiger partial charge in [0.1, 0.15) is 30.5 Å². The minimum Gasteiger partial charge on any atom is -0.394 e. The molecule has 0 radical (unpaired) electrons. The van der Waals surface area contributed by atoms with Crippen molar-refractivity contribution in [3.05, 3.63) is 24.3 Å². The standard InChI is InChI=1S/C41H77NO9/c1-3-5-7-9-11-13-15-17-18-20-21-23-25-27-29-34(44)33(32-50-41-39(48)38(47)37(46)36(31-43)51-41)42-40(49)35(45)30-28-26-24-22-19-16-14-12-10-8-6-4-2/h19,22,27,29,33-39,41,43-48H,3-18,20-21,23-26,28,30-32H2,1-2H3,(H,42,49)/b22-19-,29-27+. The number of hydrogen-bond donors (Lipinski definition) is 7. The van der Waals surface area contributed by atoms with Crippen molar-refractivity contribution in [1.82, 2.24) is 5.32 Å². The molecule has 1 fully saturated rings. The molecular weight excluding hydrogens is 650 g/mol. The summed E-state index contributed by atoms with van der Waals surface area (Å²) in [6.07, 6.45) is 25.5. The van der Waals surface area contributed by atoms with Crippen LogP contribution in [0.4, 0.5) is 0 Å². The minimum atomic E-state index is -1.61. The maximum Gasteiger partial charge on any atom is 0.249 e. The Bertz CT molecular complexity index is 870. The van der Waals surface area contributed by atoms with Crippen molar-refractivity contribution in [2.75, 3.05) is 13.2 Å². The second-order valence-electron chi connectivity index (χ2n) is 14.6. The SMILES string of the molecule is CCCCCCCC/C=C\CCCCC(O)C(=O)NC(COC1OC(CO)C(O)C(O)C1O)C(O)/C=C/CCCCCCCCCCCCCC. The van der Waals surface area contributed by atoms with E-state index >= 15 is 0 Å². The molecule has 1 aliphatic heterocycles. The van der Waals surface area contributed by atoms with E-state index in [0.717, 1.165) is 38.5 Å². The Morgan fingerprint density at radius 1 is 0.667 bits per heavy atom. The first kappa shape index (κ1) is 47.7. The molecule has 0 spiro atoms. The number of allylic oxidation sites excluding steroid dienone is 3. The Morgan fingerprint density at radius 2 is 1.14 bits per heavy atom. The van der Waals surface area contributed by atoms with E-state index in [1.165, 1.54) is 103 Å². The summed E-state index contributed by atoms with van der Waals surface area (Å²) in [5.74, 6) is -0.635. The summed E-state index contributed by atoms with van der Waals surface area (Å²) in [4.78, 5) is 12.9. The highest BCUT2D eigenvalue weighted by Crippen LogP contribution is 2.22. The molecule has 1 heterocycles. The van der Waals surface area contributed by atoms with Gasteiger partial charge in [0, 0.05) is 0 Å². The Morgan fingerprint density at radius 3 is 1.65 bits per heavy atom. The molecule has 0 aromatic heterocycles. The molecule has 0 saturated carbocycles. The van der Waals surface area contributed by atoms with Crippen molar-refractivity contribution < 1.29 is 44.9 Å². The normalized spacial score (nSPS) is 22.9. The van der Waals surface area contributed by atoms with Crippen LogP contribution in [0.25, 0.3) is 0 Å². The van der Waals surface area contributed by atoms with Crippen LogP contribution in [0.1, 0.15) is 168 Å². The smallest absolute Gasteiger partial charge is 0.249 e. The molecule has 1 amide bonds. The molecule has 0 bridgehead atoms. The Balaban J connectivity index is 2.52. The number of ether oxygens (including phenoxy) is 2. The van der Waals surface area contributed by atoms with Crippen molar-refractivity contribution in [1.29, 1.82) is 0 Å². The maximum absolute atomic E-state index is 12.9. The maximum atomic E-state index is 12.9. The highest BCUT2D eigenvalue weighted by atomic mass is 16.7. The fraction of sp³-hybridized carbons (Fsp3) is 0.878. The van der Waals surface area contributed by atoms with Gasteiger partial charge in [0.05, 0.1) is 25.4 Å². The molecule has 10 heteroatoms. The fourth-order valence-corrected chi connectivity index (χ4v) is 6.39. The number of aliphatic hydroxyl groups is 6. The van der Waals surface area contributed by atoms with Crippen LogP contribution in [0.15, 0.2) is 24.3 Å². The van der Waals surface area contributed by atoms with Gasteiger partial charge in [-0.05, 0) is 44.9 Å². The minimum absolute atomic E-state index is 0.280. The fourth-order valence-electron chi connectivity index (χ4n) is 6.39. The van der Waals surface area contributed by atoms with Gasteiger partial charge in [-0.15, -0.1) is 0 Å². The number of carbonyl (C=O) groups excluding carboxylic acids is 1. The number of aliphatic hydroxyl groups excluding tert-OH is 6. The lowest BCUT2D eigenvalue weighted by Gasteiger charge is -2.40. The number of unbranched alkanes of at least 4 members (excludes halogenated alkanes) is 20. The van der Waals surface area contributed by atoms with Crippen LogP contribution in [0.5, 0.6) is 0 Å². The van der Waals surface area contributed by atoms with Gasteiger partial charge in [-0.2, -0.15) is 0 Å². The zero-order chi connectivity index (χ0) is 37.5. The molecule has 0 aliphatic carbocycles. The highest BCUT2D eigenvalue weighted by Gasteiger charge is 2.44. The van der Waals surface area contributed by atoms with Crippen LogP contribution < -0.4 is 5.32 Å². The van der Waals surface area contributed by atoms with Gasteiger partial charge in [0.15, 0.2) is 6.29 Å². The first-order valence-electron chi connectivity index (χ1n) is 20.7. The number of nitrogens with one attached hydrogen (secondary N) is 1. The zero-order valence-electron chi connectivity index (χ0n) is 32.2. The largest absolute Gasteiger partial charge is 0.394 e. The lowest BCUT2D eigenvalue weighted by molar-refractivity contribution is -0.302. The van der Waals surface area contributed by atoms with Crippen LogP contribution in [0.3, 0.4) is 0 Å². The third kappa shape index (κ3) is 23.1. The summed E-state index contributed by atoms with van der Waals surface area (Å²) in [5.41, 5.74) is 0. The number of amides is 1. The summed E-state index contributed by atoms with van der Waals surface area (Å²) >= 11 is 0. The van der Waals surface area contributed by atoms with Crippen LogP contribution in [-0.2, 0) is 14.3 Å². The predicted octanol–water partition coefficient (Wildman–Crippen LogP) is 6.52. The average molecular weight is 728 g/mol. The van der Waals surface area contributed by atoms with Gasteiger partial charge in [-0.25, -0.2) is 0 Å². The molecular formula is C41H77NO9. The molecule has 1 saturated heterocycles. The summed E-state index contributed by atoms with van der Waals surface area (Å²) in [5, 5.41) is 64.3. The molecule has 0 aromatic carbocycles. The molecule has 8 unspecified atom stereocenters. The summed E-state index contributed by atoms with van der Waals surface area (Å²) in [7, 11) is 0. The molecule has 0 aromatic rings. The van der Waals surface area contributed by atoms with E-state index in [1.54, 1.807) is 6.08 Å². The van der Waals surface area contributed by atoms with Gasteiger partial charge in [-0.3, -0.25) is 4.79 Å². The Hall–Kier alpha value is -1.37. The monoisotopic (exact) mass is 728 g/mol. The zero-order valence-corrected chi connectivity index (χ0v) is 32.2. The topological polar surface area (TPSA) is 169 Å². The predicted molar refractivity (Wildman–Crippen MR) is 204 cm³/mol. The van der Waals surface area contributed by atoms with Gasteiger partial charge < -0.3 is 45.4 Å². The van der Waals surface area contributed by atoms with E-state index < -0.39 is 61.5 Å². The average Bonchev–Trinajstić information content (AvgIpc) is 3.13. The summed E-state index contributed by atoms with van der Waals surface area (Å²) in [6, 6.07) is -0.984. The lowest BCUT2D eigenvalue weighted by Crippen LogP contribution is -2.60. The first-order valence-corrected chi connectivity index (χ1v) is 20.7. The van der Waals surface area contributed by atoms with Crippen molar-refractivity contribution in [2.24, 2.45) is 0 Å². The molecule has 10 nitrogen and oxygen atoms in total. The first-order chi connectivity index (χ1) is 24.8. The van der Waals surface area contributed by atoms with E-state index in [4.69, 9.17) is 9.47 Å². The summed E-state index contributed by atoms with van der Waals surface area (Å²) < 4.78 is 11.1. The third-order valence-corrected chi connectivity index (χ3v) is 9.88. The molecule has 51 heavy (non-hydrogen) atoms. The molecule has 1 rings (SSSR count).